The molecule has 4 heteroatoms. The number of para-hydroxylation sites is 1. The molecule has 0 bridgehead atoms. The summed E-state index contributed by atoms with van der Waals surface area (Å²) in [6, 6.07) is 8.41. The van der Waals surface area contributed by atoms with E-state index in [9.17, 15) is 4.79 Å². The molecule has 1 amide bonds. The Balaban J connectivity index is 1.48. The lowest BCUT2D eigenvalue weighted by Crippen LogP contribution is -2.45. The first-order valence-electron chi connectivity index (χ1n) is 8.79. The monoisotopic (exact) mass is 311 g/mol. The summed E-state index contributed by atoms with van der Waals surface area (Å²) >= 11 is 0. The molecule has 1 aromatic carbocycles. The average molecular weight is 311 g/mol. The molecule has 0 radical (unpaired) electrons. The number of nitrogens with zero attached hydrogens (tertiary/aromatic N) is 2. The van der Waals surface area contributed by atoms with Crippen molar-refractivity contribution >= 4 is 16.8 Å². The largest absolute Gasteiger partial charge is 0.358 e. The summed E-state index contributed by atoms with van der Waals surface area (Å²) in [7, 11) is 0. The second kappa shape index (κ2) is 6.00. The number of rotatable bonds is 2. The van der Waals surface area contributed by atoms with Crippen LogP contribution in [0.2, 0.25) is 0 Å². The quantitative estimate of drug-likeness (QED) is 0.926. The third kappa shape index (κ3) is 2.88. The number of H-pyrrole nitrogens is 1. The molecule has 1 fully saturated rings. The van der Waals surface area contributed by atoms with E-state index in [-0.39, 0.29) is 5.91 Å². The van der Waals surface area contributed by atoms with Gasteiger partial charge in [-0.15, -0.1) is 0 Å². The lowest BCUT2D eigenvalue weighted by atomic mass is 10.0. The van der Waals surface area contributed by atoms with Crippen LogP contribution in [0.15, 0.2) is 24.3 Å². The zero-order valence-electron chi connectivity index (χ0n) is 13.8. The van der Waals surface area contributed by atoms with Gasteiger partial charge in [0.25, 0.3) is 0 Å². The third-order valence-corrected chi connectivity index (χ3v) is 5.34. The molecule has 4 rings (SSSR count). The number of nitrogens with one attached hydrogen (secondary N) is 1. The standard InChI is InChI=1S/C19H25N3O/c1-14-5-4-9-21(11-14)13-19(23)22-10-8-18-16(12-22)15-6-2-3-7-17(15)20-18/h2-3,6-7,14,20H,4-5,8-13H2,1H3/t14-/m0/s1. The number of piperidine rings is 1. The van der Waals surface area contributed by atoms with Crippen molar-refractivity contribution in [2.24, 2.45) is 5.92 Å². The molecule has 3 heterocycles. The summed E-state index contributed by atoms with van der Waals surface area (Å²) in [5.41, 5.74) is 3.81. The van der Waals surface area contributed by atoms with Crippen molar-refractivity contribution in [2.75, 3.05) is 26.2 Å². The average Bonchev–Trinajstić information content (AvgIpc) is 2.92. The Morgan fingerprint density at radius 2 is 2.17 bits per heavy atom. The van der Waals surface area contributed by atoms with E-state index in [0.29, 0.717) is 6.54 Å². The van der Waals surface area contributed by atoms with E-state index in [1.807, 2.05) is 4.90 Å². The number of hydrogen-bond donors (Lipinski definition) is 1. The van der Waals surface area contributed by atoms with Gasteiger partial charge in [-0.1, -0.05) is 25.1 Å². The van der Waals surface area contributed by atoms with Gasteiger partial charge in [0.1, 0.15) is 0 Å². The Hall–Kier alpha value is -1.81. The van der Waals surface area contributed by atoms with Crippen LogP contribution in [-0.2, 0) is 17.8 Å². The molecule has 1 saturated heterocycles. The normalized spacial score (nSPS) is 22.3. The van der Waals surface area contributed by atoms with Crippen LogP contribution in [0.5, 0.6) is 0 Å². The molecule has 1 atom stereocenters. The molecular weight excluding hydrogens is 286 g/mol. The van der Waals surface area contributed by atoms with Crippen molar-refractivity contribution < 1.29 is 4.79 Å². The Labute approximate surface area is 137 Å². The highest BCUT2D eigenvalue weighted by Gasteiger charge is 2.26. The van der Waals surface area contributed by atoms with Crippen LogP contribution >= 0.6 is 0 Å². The highest BCUT2D eigenvalue weighted by Crippen LogP contribution is 2.27. The van der Waals surface area contributed by atoms with Crippen molar-refractivity contribution in [1.29, 1.82) is 0 Å². The molecule has 1 aromatic heterocycles. The van der Waals surface area contributed by atoms with Gasteiger partial charge in [-0.25, -0.2) is 0 Å². The number of aromatic amines is 1. The zero-order valence-corrected chi connectivity index (χ0v) is 13.8. The molecule has 0 spiro atoms. The second-order valence-corrected chi connectivity index (χ2v) is 7.18. The van der Waals surface area contributed by atoms with Crippen LogP contribution in [0.3, 0.4) is 0 Å². The van der Waals surface area contributed by atoms with Gasteiger partial charge in [-0.3, -0.25) is 9.69 Å². The van der Waals surface area contributed by atoms with Crippen molar-refractivity contribution in [1.82, 2.24) is 14.8 Å². The van der Waals surface area contributed by atoms with Crippen molar-refractivity contribution in [3.8, 4) is 0 Å². The highest BCUT2D eigenvalue weighted by atomic mass is 16.2. The van der Waals surface area contributed by atoms with E-state index < -0.39 is 0 Å². The van der Waals surface area contributed by atoms with Crippen LogP contribution in [0.25, 0.3) is 10.9 Å². The van der Waals surface area contributed by atoms with Crippen LogP contribution in [-0.4, -0.2) is 46.9 Å². The minimum absolute atomic E-state index is 0.287. The van der Waals surface area contributed by atoms with Crippen LogP contribution in [0.4, 0.5) is 0 Å². The molecule has 4 nitrogen and oxygen atoms in total. The molecule has 2 aromatic rings. The first kappa shape index (κ1) is 14.8. The van der Waals surface area contributed by atoms with Crippen LogP contribution < -0.4 is 0 Å². The van der Waals surface area contributed by atoms with Gasteiger partial charge in [0.05, 0.1) is 6.54 Å². The zero-order chi connectivity index (χ0) is 15.8. The number of fused-ring (bicyclic) bond motifs is 3. The summed E-state index contributed by atoms with van der Waals surface area (Å²) in [5.74, 6) is 1.01. The fourth-order valence-corrected chi connectivity index (χ4v) is 4.10. The van der Waals surface area contributed by atoms with Crippen molar-refractivity contribution in [3.05, 3.63) is 35.5 Å². The molecule has 0 unspecified atom stereocenters. The summed E-state index contributed by atoms with van der Waals surface area (Å²) in [6.45, 7) is 6.60. The predicted octanol–water partition coefficient (Wildman–Crippen LogP) is 2.78. The molecule has 2 aliphatic rings. The topological polar surface area (TPSA) is 39.3 Å². The van der Waals surface area contributed by atoms with E-state index in [0.717, 1.165) is 38.5 Å². The van der Waals surface area contributed by atoms with E-state index in [4.69, 9.17) is 0 Å². The lowest BCUT2D eigenvalue weighted by molar-refractivity contribution is -0.133. The second-order valence-electron chi connectivity index (χ2n) is 7.18. The number of aromatic nitrogens is 1. The third-order valence-electron chi connectivity index (χ3n) is 5.34. The Morgan fingerprint density at radius 1 is 1.30 bits per heavy atom. The number of benzene rings is 1. The van der Waals surface area contributed by atoms with Gasteiger partial charge < -0.3 is 9.88 Å². The minimum atomic E-state index is 0.287. The molecule has 2 aliphatic heterocycles. The van der Waals surface area contributed by atoms with E-state index in [1.165, 1.54) is 35.0 Å². The Kier molecular flexibility index (Phi) is 3.85. The first-order valence-corrected chi connectivity index (χ1v) is 8.79. The SMILES string of the molecule is C[C@H]1CCCN(CC(=O)N2CCc3[nH]c4ccccc4c3C2)C1. The lowest BCUT2D eigenvalue weighted by Gasteiger charge is -2.33. The first-order chi connectivity index (χ1) is 11.2. The molecule has 122 valence electrons. The fraction of sp³-hybridized carbons (Fsp3) is 0.526. The van der Waals surface area contributed by atoms with E-state index >= 15 is 0 Å². The number of carbonyl (C=O) groups excluding carboxylic acids is 1. The van der Waals surface area contributed by atoms with Gasteiger partial charge in [0.15, 0.2) is 0 Å². The summed E-state index contributed by atoms with van der Waals surface area (Å²) in [4.78, 5) is 20.6. The van der Waals surface area contributed by atoms with Crippen molar-refractivity contribution in [3.63, 3.8) is 0 Å². The fourth-order valence-electron chi connectivity index (χ4n) is 4.10. The number of likely N-dealkylation sites (tertiary alicyclic amines) is 1. The maximum Gasteiger partial charge on any atom is 0.237 e. The number of hydrogen-bond acceptors (Lipinski definition) is 2. The number of carbonyl (C=O) groups is 1. The molecule has 23 heavy (non-hydrogen) atoms. The van der Waals surface area contributed by atoms with E-state index in [2.05, 4.69) is 41.1 Å². The highest BCUT2D eigenvalue weighted by molar-refractivity contribution is 5.86. The molecule has 0 aliphatic carbocycles. The minimum Gasteiger partial charge on any atom is -0.358 e. The van der Waals surface area contributed by atoms with Gasteiger partial charge in [0, 0.05) is 48.2 Å². The Bertz CT molecular complexity index is 720. The van der Waals surface area contributed by atoms with Crippen molar-refractivity contribution in [2.45, 2.75) is 32.7 Å². The predicted molar refractivity (Wildman–Crippen MR) is 92.3 cm³/mol. The number of amides is 1. The maximum absolute atomic E-state index is 12.7. The van der Waals surface area contributed by atoms with Gasteiger partial charge >= 0.3 is 0 Å². The summed E-state index contributed by atoms with van der Waals surface area (Å²) in [6.07, 6.45) is 3.46. The van der Waals surface area contributed by atoms with Gasteiger partial charge in [-0.2, -0.15) is 0 Å². The molecule has 1 N–H and O–H groups in total. The summed E-state index contributed by atoms with van der Waals surface area (Å²) in [5, 5.41) is 1.27. The molecule has 0 saturated carbocycles. The molecular formula is C19H25N3O. The Morgan fingerprint density at radius 3 is 3.04 bits per heavy atom. The van der Waals surface area contributed by atoms with Crippen LogP contribution in [0, 0.1) is 5.92 Å². The maximum atomic E-state index is 12.7. The smallest absolute Gasteiger partial charge is 0.237 e. The summed E-state index contributed by atoms with van der Waals surface area (Å²) < 4.78 is 0. The van der Waals surface area contributed by atoms with Gasteiger partial charge in [-0.05, 0) is 31.4 Å². The van der Waals surface area contributed by atoms with Gasteiger partial charge in [0.2, 0.25) is 5.91 Å². The van der Waals surface area contributed by atoms with Crippen LogP contribution in [0.1, 0.15) is 31.0 Å². The van der Waals surface area contributed by atoms with E-state index in [1.54, 1.807) is 0 Å².